The fraction of sp³-hybridized carbons (Fsp3) is 0.500. The van der Waals surface area contributed by atoms with Gasteiger partial charge < -0.3 is 19.3 Å². The van der Waals surface area contributed by atoms with Gasteiger partial charge in [-0.1, -0.05) is 11.6 Å². The van der Waals surface area contributed by atoms with Crippen LogP contribution in [-0.4, -0.2) is 58.8 Å². The van der Waals surface area contributed by atoms with Crippen molar-refractivity contribution in [3.05, 3.63) is 20.8 Å². The molecule has 1 aromatic heterocycles. The minimum atomic E-state index is -0.545. The molecule has 1 atom stereocenters. The van der Waals surface area contributed by atoms with E-state index in [2.05, 4.69) is 30.8 Å². The molecule has 1 aromatic carbocycles. The number of hydrogen-bond donors (Lipinski definition) is 0. The zero-order valence-electron chi connectivity index (χ0n) is 15.6. The molecule has 1 amide bonds. The number of rotatable bonds is 0. The van der Waals surface area contributed by atoms with Crippen LogP contribution >= 0.6 is 39.1 Å². The van der Waals surface area contributed by atoms with Gasteiger partial charge in [-0.25, -0.2) is 9.78 Å². The SMILES string of the molecule is CC(C)(C)OC(=O)N1CCN2c3nc(Cl)nc4cc(Br)c(Cl)c(c34)OC[C@H]2C1. The van der Waals surface area contributed by atoms with Crippen LogP contribution in [0.2, 0.25) is 10.3 Å². The molecule has 0 N–H and O–H groups in total. The number of carbonyl (C=O) groups excluding carboxylic acids is 1. The summed E-state index contributed by atoms with van der Waals surface area (Å²) >= 11 is 16.1. The van der Waals surface area contributed by atoms with Gasteiger partial charge in [0.25, 0.3) is 0 Å². The Kier molecular flexibility index (Phi) is 5.00. The van der Waals surface area contributed by atoms with Crippen molar-refractivity contribution >= 4 is 61.9 Å². The summed E-state index contributed by atoms with van der Waals surface area (Å²) in [5.41, 5.74) is 0.104. The molecule has 3 heterocycles. The highest BCUT2D eigenvalue weighted by molar-refractivity contribution is 9.10. The third-order valence-electron chi connectivity index (χ3n) is 4.62. The Hall–Kier alpha value is -1.51. The number of hydrogen-bond acceptors (Lipinski definition) is 6. The zero-order valence-corrected chi connectivity index (χ0v) is 18.7. The molecule has 1 saturated heterocycles. The summed E-state index contributed by atoms with van der Waals surface area (Å²) in [5, 5.41) is 1.34. The first-order valence-corrected chi connectivity index (χ1v) is 10.4. The normalized spacial score (nSPS) is 19.1. The molecular formula is C18H19BrCl2N4O3. The minimum absolute atomic E-state index is 0.113. The Labute approximate surface area is 181 Å². The lowest BCUT2D eigenvalue weighted by Gasteiger charge is -2.41. The Morgan fingerprint density at radius 3 is 2.79 bits per heavy atom. The molecular weight excluding hydrogens is 471 g/mol. The molecule has 0 saturated carbocycles. The second-order valence-electron chi connectivity index (χ2n) is 7.80. The van der Waals surface area contributed by atoms with Crippen molar-refractivity contribution in [1.82, 2.24) is 14.9 Å². The maximum atomic E-state index is 12.5. The van der Waals surface area contributed by atoms with E-state index >= 15 is 0 Å². The second-order valence-corrected chi connectivity index (χ2v) is 9.37. The summed E-state index contributed by atoms with van der Waals surface area (Å²) < 4.78 is 12.3. The summed E-state index contributed by atoms with van der Waals surface area (Å²) in [6.45, 7) is 7.43. The smallest absolute Gasteiger partial charge is 0.410 e. The van der Waals surface area contributed by atoms with E-state index in [0.717, 1.165) is 5.39 Å². The number of piperazine rings is 1. The lowest BCUT2D eigenvalue weighted by Crippen LogP contribution is -2.57. The van der Waals surface area contributed by atoms with E-state index in [4.69, 9.17) is 32.7 Å². The van der Waals surface area contributed by atoms with Gasteiger partial charge in [-0.3, -0.25) is 0 Å². The topological polar surface area (TPSA) is 67.8 Å². The van der Waals surface area contributed by atoms with Crippen molar-refractivity contribution in [2.45, 2.75) is 32.4 Å². The predicted octanol–water partition coefficient (Wildman–Crippen LogP) is 4.52. The monoisotopic (exact) mass is 488 g/mol. The first-order valence-electron chi connectivity index (χ1n) is 8.86. The van der Waals surface area contributed by atoms with Crippen LogP contribution in [-0.2, 0) is 4.74 Å². The average molecular weight is 490 g/mol. The van der Waals surface area contributed by atoms with Gasteiger partial charge in [-0.2, -0.15) is 4.98 Å². The molecule has 0 bridgehead atoms. The van der Waals surface area contributed by atoms with Crippen LogP contribution in [0, 0.1) is 0 Å². The molecule has 1 fully saturated rings. The van der Waals surface area contributed by atoms with Crippen LogP contribution in [0.3, 0.4) is 0 Å². The van der Waals surface area contributed by atoms with Crippen molar-refractivity contribution in [1.29, 1.82) is 0 Å². The molecule has 7 nitrogen and oxygen atoms in total. The molecule has 2 aliphatic heterocycles. The lowest BCUT2D eigenvalue weighted by molar-refractivity contribution is 0.0202. The Morgan fingerprint density at radius 1 is 1.32 bits per heavy atom. The van der Waals surface area contributed by atoms with Gasteiger partial charge in [0.05, 0.1) is 22.0 Å². The number of benzene rings is 1. The molecule has 0 aliphatic carbocycles. The number of halogens is 3. The zero-order chi connectivity index (χ0) is 20.2. The van der Waals surface area contributed by atoms with Crippen LogP contribution < -0.4 is 9.64 Å². The molecule has 0 spiro atoms. The molecule has 28 heavy (non-hydrogen) atoms. The lowest BCUT2D eigenvalue weighted by atomic mass is 10.1. The summed E-state index contributed by atoms with van der Waals surface area (Å²) in [5.74, 6) is 1.20. The van der Waals surface area contributed by atoms with Gasteiger partial charge in [0, 0.05) is 24.1 Å². The quantitative estimate of drug-likeness (QED) is 0.507. The molecule has 0 radical (unpaired) electrons. The molecule has 150 valence electrons. The van der Waals surface area contributed by atoms with Crippen molar-refractivity contribution in [2.75, 3.05) is 31.1 Å². The van der Waals surface area contributed by atoms with Gasteiger partial charge in [-0.05, 0) is 54.4 Å². The standard InChI is InChI=1S/C18H19BrCl2N4O3/c1-18(2,3)28-17(26)24-4-5-25-9(7-24)8-27-14-12-11(6-10(19)13(14)20)22-16(21)23-15(12)25/h6,9H,4-5,7-8H2,1-3H3/t9-/m1/s1. The van der Waals surface area contributed by atoms with Gasteiger partial charge in [0.15, 0.2) is 5.75 Å². The van der Waals surface area contributed by atoms with Crippen LogP contribution in [0.1, 0.15) is 20.8 Å². The van der Waals surface area contributed by atoms with Gasteiger partial charge >= 0.3 is 6.09 Å². The Morgan fingerprint density at radius 2 is 2.07 bits per heavy atom. The van der Waals surface area contributed by atoms with Crippen molar-refractivity contribution in [3.63, 3.8) is 0 Å². The summed E-state index contributed by atoms with van der Waals surface area (Å²) in [7, 11) is 0. The summed E-state index contributed by atoms with van der Waals surface area (Å²) in [6.07, 6.45) is -0.333. The fourth-order valence-corrected chi connectivity index (χ4v) is 4.23. The number of aromatic nitrogens is 2. The number of nitrogens with zero attached hydrogens (tertiary/aromatic N) is 4. The maximum Gasteiger partial charge on any atom is 0.410 e. The number of ether oxygens (including phenoxy) is 2. The predicted molar refractivity (Wildman–Crippen MR) is 112 cm³/mol. The highest BCUT2D eigenvalue weighted by Crippen LogP contribution is 2.45. The van der Waals surface area contributed by atoms with E-state index in [9.17, 15) is 4.79 Å². The fourth-order valence-electron chi connectivity index (χ4n) is 3.45. The second kappa shape index (κ2) is 7.07. The Bertz CT molecular complexity index is 966. The summed E-state index contributed by atoms with van der Waals surface area (Å²) in [6, 6.07) is 1.69. The number of carbonyl (C=O) groups is 1. The first kappa shape index (κ1) is 19.8. The van der Waals surface area contributed by atoms with Crippen LogP contribution in [0.4, 0.5) is 10.6 Å². The third kappa shape index (κ3) is 3.57. The highest BCUT2D eigenvalue weighted by atomic mass is 79.9. The molecule has 4 rings (SSSR count). The van der Waals surface area contributed by atoms with E-state index < -0.39 is 5.60 Å². The summed E-state index contributed by atoms with van der Waals surface area (Å²) in [4.78, 5) is 25.1. The largest absolute Gasteiger partial charge is 0.489 e. The minimum Gasteiger partial charge on any atom is -0.489 e. The van der Waals surface area contributed by atoms with E-state index in [1.54, 1.807) is 11.0 Å². The molecule has 2 aliphatic rings. The van der Waals surface area contributed by atoms with Crippen molar-refractivity contribution in [2.24, 2.45) is 0 Å². The molecule has 2 aromatic rings. The van der Waals surface area contributed by atoms with Gasteiger partial charge in [0.1, 0.15) is 18.0 Å². The number of amides is 1. The number of anilines is 1. The first-order chi connectivity index (χ1) is 13.1. The van der Waals surface area contributed by atoms with Gasteiger partial charge in [-0.15, -0.1) is 0 Å². The maximum absolute atomic E-state index is 12.5. The van der Waals surface area contributed by atoms with Crippen LogP contribution in [0.5, 0.6) is 5.75 Å². The van der Waals surface area contributed by atoms with E-state index in [1.165, 1.54) is 0 Å². The Balaban J connectivity index is 1.71. The van der Waals surface area contributed by atoms with E-state index in [0.29, 0.717) is 52.8 Å². The van der Waals surface area contributed by atoms with E-state index in [1.807, 2.05) is 20.8 Å². The molecule has 10 heteroatoms. The van der Waals surface area contributed by atoms with Gasteiger partial charge in [0.2, 0.25) is 5.28 Å². The van der Waals surface area contributed by atoms with Crippen molar-refractivity contribution < 1.29 is 14.3 Å². The highest BCUT2D eigenvalue weighted by Gasteiger charge is 2.37. The third-order valence-corrected chi connectivity index (χ3v) is 6.01. The average Bonchev–Trinajstić information content (AvgIpc) is 2.75. The number of fused-ring (bicyclic) bond motifs is 2. The van der Waals surface area contributed by atoms with Crippen LogP contribution in [0.15, 0.2) is 10.5 Å². The molecule has 0 unspecified atom stereocenters. The van der Waals surface area contributed by atoms with Crippen molar-refractivity contribution in [3.8, 4) is 5.75 Å². The van der Waals surface area contributed by atoms with E-state index in [-0.39, 0.29) is 17.4 Å². The van der Waals surface area contributed by atoms with Crippen LogP contribution in [0.25, 0.3) is 10.9 Å².